The number of halogens is 4. The first-order chi connectivity index (χ1) is 8.73. The van der Waals surface area contributed by atoms with E-state index in [0.29, 0.717) is 17.0 Å². The molecule has 0 aliphatic carbocycles. The van der Waals surface area contributed by atoms with E-state index in [4.69, 9.17) is 0 Å². The van der Waals surface area contributed by atoms with Gasteiger partial charge in [0.2, 0.25) is 5.82 Å². The van der Waals surface area contributed by atoms with Crippen molar-refractivity contribution in [3.05, 3.63) is 39.4 Å². The molecular weight excluding hydrogens is 272 g/mol. The van der Waals surface area contributed by atoms with Crippen LogP contribution < -0.4 is 0 Å². The Morgan fingerprint density at radius 3 is 2.47 bits per heavy atom. The first-order valence-electron chi connectivity index (χ1n) is 4.91. The van der Waals surface area contributed by atoms with Gasteiger partial charge in [0.05, 0.1) is 23.1 Å². The van der Waals surface area contributed by atoms with Gasteiger partial charge in [0, 0.05) is 7.05 Å². The van der Waals surface area contributed by atoms with Crippen LogP contribution in [0.2, 0.25) is 0 Å². The van der Waals surface area contributed by atoms with Gasteiger partial charge in [0.25, 0.3) is 12.3 Å². The van der Waals surface area contributed by atoms with E-state index < -0.39 is 46.7 Å². The Morgan fingerprint density at radius 1 is 1.42 bits per heavy atom. The normalized spacial score (nSPS) is 10.6. The van der Waals surface area contributed by atoms with Crippen molar-refractivity contribution in [3.63, 3.8) is 0 Å². The summed E-state index contributed by atoms with van der Waals surface area (Å²) in [5.74, 6) is -4.03. The van der Waals surface area contributed by atoms with Crippen LogP contribution in [0.1, 0.15) is 10.4 Å². The van der Waals surface area contributed by atoms with E-state index in [0.717, 1.165) is 7.05 Å². The van der Waals surface area contributed by atoms with Crippen LogP contribution in [0.5, 0.6) is 0 Å². The Balaban J connectivity index is 3.20. The Morgan fingerprint density at radius 2 is 2.00 bits per heavy atom. The average molecular weight is 280 g/mol. The van der Waals surface area contributed by atoms with E-state index in [1.165, 1.54) is 0 Å². The Kier molecular flexibility index (Phi) is 4.41. The number of carbonyl (C=O) groups is 1. The maximum atomic E-state index is 13.6. The third-order valence-electron chi connectivity index (χ3n) is 2.20. The summed E-state index contributed by atoms with van der Waals surface area (Å²) in [6, 6.07) is 0.728. The number of amides is 1. The van der Waals surface area contributed by atoms with Crippen LogP contribution in [-0.2, 0) is 0 Å². The highest BCUT2D eigenvalue weighted by Gasteiger charge is 2.26. The zero-order valence-electron chi connectivity index (χ0n) is 9.57. The Labute approximate surface area is 104 Å². The molecule has 0 aliphatic rings. The lowest BCUT2D eigenvalue weighted by Gasteiger charge is -2.16. The maximum Gasteiger partial charge on any atom is 0.308 e. The minimum atomic E-state index is -2.86. The summed E-state index contributed by atoms with van der Waals surface area (Å²) in [6.45, 7) is -0.997. The summed E-state index contributed by atoms with van der Waals surface area (Å²) in [4.78, 5) is 21.3. The molecule has 0 aliphatic heterocycles. The van der Waals surface area contributed by atoms with Crippen molar-refractivity contribution < 1.29 is 27.3 Å². The molecule has 1 rings (SSSR count). The highest BCUT2D eigenvalue weighted by Crippen LogP contribution is 2.23. The van der Waals surface area contributed by atoms with Gasteiger partial charge in [-0.3, -0.25) is 14.9 Å². The van der Waals surface area contributed by atoms with Crippen LogP contribution in [0.4, 0.5) is 23.2 Å². The summed E-state index contributed by atoms with van der Waals surface area (Å²) in [5.41, 5.74) is -2.19. The molecule has 0 bridgehead atoms. The van der Waals surface area contributed by atoms with Crippen LogP contribution in [-0.4, -0.2) is 35.7 Å². The molecule has 104 valence electrons. The fourth-order valence-electron chi connectivity index (χ4n) is 1.36. The molecule has 0 spiro atoms. The fourth-order valence-corrected chi connectivity index (χ4v) is 1.36. The molecule has 0 saturated heterocycles. The molecule has 0 atom stereocenters. The first kappa shape index (κ1) is 14.9. The molecule has 0 N–H and O–H groups in total. The molecular formula is C10H8F4N2O3. The van der Waals surface area contributed by atoms with Gasteiger partial charge >= 0.3 is 5.69 Å². The zero-order valence-corrected chi connectivity index (χ0v) is 9.57. The molecule has 0 heterocycles. The number of rotatable bonds is 4. The predicted octanol–water partition coefficient (Wildman–Crippen LogP) is 2.21. The largest absolute Gasteiger partial charge is 0.336 e. The quantitative estimate of drug-likeness (QED) is 0.482. The van der Waals surface area contributed by atoms with Crippen LogP contribution in [0.15, 0.2) is 12.1 Å². The van der Waals surface area contributed by atoms with Crippen molar-refractivity contribution in [2.24, 2.45) is 0 Å². The van der Waals surface area contributed by atoms with Gasteiger partial charge in [0.15, 0.2) is 0 Å². The average Bonchev–Trinajstić information content (AvgIpc) is 2.29. The lowest BCUT2D eigenvalue weighted by molar-refractivity contribution is -0.387. The van der Waals surface area contributed by atoms with Crippen molar-refractivity contribution in [1.29, 1.82) is 0 Å². The van der Waals surface area contributed by atoms with Crippen LogP contribution in [0.25, 0.3) is 0 Å². The minimum Gasteiger partial charge on any atom is -0.336 e. The molecule has 1 amide bonds. The second-order valence-electron chi connectivity index (χ2n) is 3.62. The van der Waals surface area contributed by atoms with Gasteiger partial charge in [0.1, 0.15) is 5.82 Å². The first-order valence-corrected chi connectivity index (χ1v) is 4.91. The number of carbonyl (C=O) groups excluding carboxylic acids is 1. The van der Waals surface area contributed by atoms with Crippen molar-refractivity contribution in [2.75, 3.05) is 13.6 Å². The van der Waals surface area contributed by atoms with Crippen molar-refractivity contribution in [1.82, 2.24) is 4.90 Å². The van der Waals surface area contributed by atoms with Gasteiger partial charge in [-0.1, -0.05) is 0 Å². The summed E-state index contributed by atoms with van der Waals surface area (Å²) in [6.07, 6.45) is -2.86. The molecule has 9 heteroatoms. The summed E-state index contributed by atoms with van der Waals surface area (Å²) in [7, 11) is 0.949. The second kappa shape index (κ2) is 5.63. The zero-order chi connectivity index (χ0) is 14.7. The molecule has 19 heavy (non-hydrogen) atoms. The van der Waals surface area contributed by atoms with Gasteiger partial charge < -0.3 is 4.90 Å². The highest BCUT2D eigenvalue weighted by molar-refractivity contribution is 5.95. The summed E-state index contributed by atoms with van der Waals surface area (Å²) in [5, 5.41) is 10.5. The Bertz CT molecular complexity index is 522. The number of nitro benzene ring substituents is 1. The third-order valence-corrected chi connectivity index (χ3v) is 2.20. The SMILES string of the molecule is CN(CC(F)F)C(=O)c1cc(F)cc([N+](=O)[O-])c1F. The second-order valence-corrected chi connectivity index (χ2v) is 3.62. The van der Waals surface area contributed by atoms with E-state index in [-0.39, 0.29) is 0 Å². The topological polar surface area (TPSA) is 63.5 Å². The van der Waals surface area contributed by atoms with Crippen molar-refractivity contribution in [2.45, 2.75) is 6.43 Å². The standard InChI is InChI=1S/C10H8F4N2O3/c1-15(4-8(12)13)10(17)6-2-5(11)3-7(9(6)14)16(18)19/h2-3,8H,4H2,1H3. The maximum absolute atomic E-state index is 13.6. The van der Waals surface area contributed by atoms with Crippen molar-refractivity contribution >= 4 is 11.6 Å². The molecule has 0 unspecified atom stereocenters. The molecule has 5 nitrogen and oxygen atoms in total. The highest BCUT2D eigenvalue weighted by atomic mass is 19.3. The molecule has 0 saturated carbocycles. The number of hydrogen-bond donors (Lipinski definition) is 0. The van der Waals surface area contributed by atoms with E-state index in [2.05, 4.69) is 0 Å². The smallest absolute Gasteiger partial charge is 0.308 e. The number of nitro groups is 1. The molecule has 1 aromatic rings. The van der Waals surface area contributed by atoms with Crippen molar-refractivity contribution in [3.8, 4) is 0 Å². The summed E-state index contributed by atoms with van der Waals surface area (Å²) < 4.78 is 50.8. The van der Waals surface area contributed by atoms with Gasteiger partial charge in [-0.25, -0.2) is 13.2 Å². The van der Waals surface area contributed by atoms with E-state index >= 15 is 0 Å². The number of alkyl halides is 2. The Hall–Kier alpha value is -2.19. The third kappa shape index (κ3) is 3.39. The number of benzene rings is 1. The monoisotopic (exact) mass is 280 g/mol. The van der Waals surface area contributed by atoms with Gasteiger partial charge in [-0.15, -0.1) is 0 Å². The molecule has 1 aromatic carbocycles. The number of hydrogen-bond acceptors (Lipinski definition) is 3. The van der Waals surface area contributed by atoms with E-state index in [1.54, 1.807) is 0 Å². The number of nitrogens with zero attached hydrogens (tertiary/aromatic N) is 2. The molecule has 0 aromatic heterocycles. The predicted molar refractivity (Wildman–Crippen MR) is 56.0 cm³/mol. The lowest BCUT2D eigenvalue weighted by Crippen LogP contribution is -2.32. The fraction of sp³-hybridized carbons (Fsp3) is 0.300. The minimum absolute atomic E-state index is 0.305. The summed E-state index contributed by atoms with van der Waals surface area (Å²) >= 11 is 0. The van der Waals surface area contributed by atoms with Gasteiger partial charge in [-0.05, 0) is 6.07 Å². The lowest BCUT2D eigenvalue weighted by atomic mass is 10.1. The van der Waals surface area contributed by atoms with Crippen LogP contribution in [0, 0.1) is 21.7 Å². The van der Waals surface area contributed by atoms with E-state index in [9.17, 15) is 32.5 Å². The van der Waals surface area contributed by atoms with Crippen LogP contribution in [0.3, 0.4) is 0 Å². The van der Waals surface area contributed by atoms with Crippen LogP contribution >= 0.6 is 0 Å². The molecule has 0 radical (unpaired) electrons. The molecule has 0 fully saturated rings. The van der Waals surface area contributed by atoms with Gasteiger partial charge in [-0.2, -0.15) is 4.39 Å². The van der Waals surface area contributed by atoms with E-state index in [1.807, 2.05) is 0 Å².